The summed E-state index contributed by atoms with van der Waals surface area (Å²) < 4.78 is 11.1. The first kappa shape index (κ1) is 18.9. The molecule has 0 saturated carbocycles. The predicted molar refractivity (Wildman–Crippen MR) is 102 cm³/mol. The van der Waals surface area contributed by atoms with Crippen LogP contribution in [0, 0.1) is 5.92 Å². The summed E-state index contributed by atoms with van der Waals surface area (Å²) in [5.74, 6) is 1.06. The van der Waals surface area contributed by atoms with Crippen molar-refractivity contribution in [3.63, 3.8) is 0 Å². The van der Waals surface area contributed by atoms with Gasteiger partial charge in [0.15, 0.2) is 11.5 Å². The van der Waals surface area contributed by atoms with Crippen molar-refractivity contribution in [2.45, 2.75) is 20.3 Å². The van der Waals surface area contributed by atoms with E-state index in [1.807, 2.05) is 0 Å². The van der Waals surface area contributed by atoms with Crippen LogP contribution in [0.4, 0.5) is 11.4 Å². The largest absolute Gasteiger partial charge is 0.493 e. The van der Waals surface area contributed by atoms with Crippen LogP contribution < -0.4 is 20.5 Å². The quantitative estimate of drug-likeness (QED) is 0.705. The molecule has 2 rings (SSSR count). The molecule has 2 aromatic rings. The number of carbonyl (C=O) groups is 1. The minimum Gasteiger partial charge on any atom is -0.493 e. The van der Waals surface area contributed by atoms with Crippen molar-refractivity contribution >= 4 is 28.9 Å². The molecule has 3 N–H and O–H groups in total. The van der Waals surface area contributed by atoms with E-state index in [2.05, 4.69) is 19.2 Å². The van der Waals surface area contributed by atoms with Gasteiger partial charge in [-0.2, -0.15) is 0 Å². The summed E-state index contributed by atoms with van der Waals surface area (Å²) in [4.78, 5) is 12.5. The van der Waals surface area contributed by atoms with Crippen molar-refractivity contribution in [1.29, 1.82) is 0 Å². The molecule has 25 heavy (non-hydrogen) atoms. The Morgan fingerprint density at radius 3 is 2.64 bits per heavy atom. The standard InChI is InChI=1S/C19H23ClN2O3/c1-12(2)8-9-25-18-14(20)10-13(11-17(18)24-3)19(23)22-16-7-5-4-6-15(16)21/h4-7,10-12H,8-9,21H2,1-3H3,(H,22,23). The van der Waals surface area contributed by atoms with Gasteiger partial charge < -0.3 is 20.5 Å². The molecule has 2 aromatic carbocycles. The molecular formula is C19H23ClN2O3. The van der Waals surface area contributed by atoms with E-state index in [1.165, 1.54) is 7.11 Å². The highest BCUT2D eigenvalue weighted by atomic mass is 35.5. The molecule has 0 aliphatic carbocycles. The maximum absolute atomic E-state index is 12.5. The van der Waals surface area contributed by atoms with E-state index in [0.29, 0.717) is 46.0 Å². The topological polar surface area (TPSA) is 73.6 Å². The molecule has 0 heterocycles. The molecule has 0 aliphatic heterocycles. The summed E-state index contributed by atoms with van der Waals surface area (Å²) in [6, 6.07) is 10.2. The molecule has 0 radical (unpaired) electrons. The van der Waals surface area contributed by atoms with E-state index in [1.54, 1.807) is 36.4 Å². The van der Waals surface area contributed by atoms with E-state index in [0.717, 1.165) is 6.42 Å². The smallest absolute Gasteiger partial charge is 0.255 e. The van der Waals surface area contributed by atoms with Gasteiger partial charge in [-0.05, 0) is 36.6 Å². The van der Waals surface area contributed by atoms with Crippen LogP contribution in [0.25, 0.3) is 0 Å². The Labute approximate surface area is 153 Å². The number of methoxy groups -OCH3 is 1. The Morgan fingerprint density at radius 1 is 1.28 bits per heavy atom. The predicted octanol–water partition coefficient (Wildman–Crippen LogP) is 4.61. The molecule has 0 aromatic heterocycles. The van der Waals surface area contributed by atoms with Gasteiger partial charge in [0.05, 0.1) is 30.1 Å². The number of para-hydroxylation sites is 2. The van der Waals surface area contributed by atoms with Crippen molar-refractivity contribution in [1.82, 2.24) is 0 Å². The number of anilines is 2. The Balaban J connectivity index is 2.20. The molecule has 0 saturated heterocycles. The average Bonchev–Trinajstić information content (AvgIpc) is 2.57. The number of halogens is 1. The van der Waals surface area contributed by atoms with Crippen LogP contribution in [0.2, 0.25) is 5.02 Å². The van der Waals surface area contributed by atoms with Crippen LogP contribution in [0.3, 0.4) is 0 Å². The lowest BCUT2D eigenvalue weighted by Gasteiger charge is -2.15. The first-order valence-electron chi connectivity index (χ1n) is 8.08. The van der Waals surface area contributed by atoms with Gasteiger partial charge in [-0.1, -0.05) is 37.6 Å². The second-order valence-electron chi connectivity index (χ2n) is 6.06. The molecule has 0 spiro atoms. The molecule has 0 fully saturated rings. The number of nitrogen functional groups attached to an aromatic ring is 1. The van der Waals surface area contributed by atoms with E-state index in [9.17, 15) is 4.79 Å². The minimum atomic E-state index is -0.327. The lowest BCUT2D eigenvalue weighted by molar-refractivity contribution is 0.102. The highest BCUT2D eigenvalue weighted by Gasteiger charge is 2.16. The molecule has 0 aliphatic rings. The molecule has 1 amide bonds. The number of nitrogens with one attached hydrogen (secondary N) is 1. The van der Waals surface area contributed by atoms with Crippen LogP contribution >= 0.6 is 11.6 Å². The normalized spacial score (nSPS) is 10.6. The van der Waals surface area contributed by atoms with Gasteiger partial charge in [-0.15, -0.1) is 0 Å². The molecular weight excluding hydrogens is 340 g/mol. The van der Waals surface area contributed by atoms with Gasteiger partial charge in [0, 0.05) is 5.56 Å². The van der Waals surface area contributed by atoms with Gasteiger partial charge in [0.1, 0.15) is 0 Å². The third-order valence-corrected chi connectivity index (χ3v) is 3.92. The van der Waals surface area contributed by atoms with E-state index in [-0.39, 0.29) is 5.91 Å². The van der Waals surface area contributed by atoms with Crippen LogP contribution in [0.1, 0.15) is 30.6 Å². The van der Waals surface area contributed by atoms with Gasteiger partial charge in [0.25, 0.3) is 5.91 Å². The maximum Gasteiger partial charge on any atom is 0.255 e. The summed E-state index contributed by atoms with van der Waals surface area (Å²) >= 11 is 6.30. The number of amides is 1. The monoisotopic (exact) mass is 362 g/mol. The zero-order chi connectivity index (χ0) is 18.4. The third kappa shape index (κ3) is 5.03. The fourth-order valence-corrected chi connectivity index (χ4v) is 2.46. The van der Waals surface area contributed by atoms with Crippen molar-refractivity contribution in [3.05, 3.63) is 47.0 Å². The van der Waals surface area contributed by atoms with Gasteiger partial charge in [0.2, 0.25) is 0 Å². The fourth-order valence-electron chi connectivity index (χ4n) is 2.19. The molecule has 0 unspecified atom stereocenters. The van der Waals surface area contributed by atoms with E-state index in [4.69, 9.17) is 26.8 Å². The highest BCUT2D eigenvalue weighted by Crippen LogP contribution is 2.37. The van der Waals surface area contributed by atoms with Crippen molar-refractivity contribution < 1.29 is 14.3 Å². The number of benzene rings is 2. The number of rotatable bonds is 7. The van der Waals surface area contributed by atoms with Crippen LogP contribution in [-0.4, -0.2) is 19.6 Å². The SMILES string of the molecule is COc1cc(C(=O)Nc2ccccc2N)cc(Cl)c1OCCC(C)C. The fraction of sp³-hybridized carbons (Fsp3) is 0.316. The van der Waals surface area contributed by atoms with Crippen molar-refractivity contribution in [2.75, 3.05) is 24.8 Å². The maximum atomic E-state index is 12.5. The number of hydrogen-bond donors (Lipinski definition) is 2. The molecule has 6 heteroatoms. The van der Waals surface area contributed by atoms with Crippen LogP contribution in [-0.2, 0) is 0 Å². The first-order valence-corrected chi connectivity index (χ1v) is 8.46. The summed E-state index contributed by atoms with van der Waals surface area (Å²) in [6.07, 6.45) is 0.898. The van der Waals surface area contributed by atoms with Gasteiger partial charge in [-0.25, -0.2) is 0 Å². The van der Waals surface area contributed by atoms with Crippen LogP contribution in [0.15, 0.2) is 36.4 Å². The average molecular weight is 363 g/mol. The van der Waals surface area contributed by atoms with Crippen molar-refractivity contribution in [3.8, 4) is 11.5 Å². The first-order chi connectivity index (χ1) is 11.9. The Kier molecular flexibility index (Phi) is 6.53. The lowest BCUT2D eigenvalue weighted by Crippen LogP contribution is -2.13. The van der Waals surface area contributed by atoms with E-state index < -0.39 is 0 Å². The lowest BCUT2D eigenvalue weighted by atomic mass is 10.1. The second-order valence-corrected chi connectivity index (χ2v) is 6.47. The number of nitrogens with two attached hydrogens (primary N) is 1. The number of ether oxygens (including phenoxy) is 2. The number of hydrogen-bond acceptors (Lipinski definition) is 4. The molecule has 0 bridgehead atoms. The Hall–Kier alpha value is -2.40. The van der Waals surface area contributed by atoms with E-state index >= 15 is 0 Å². The summed E-state index contributed by atoms with van der Waals surface area (Å²) in [6.45, 7) is 4.76. The van der Waals surface area contributed by atoms with Crippen molar-refractivity contribution in [2.24, 2.45) is 5.92 Å². The van der Waals surface area contributed by atoms with Crippen LogP contribution in [0.5, 0.6) is 11.5 Å². The summed E-state index contributed by atoms with van der Waals surface area (Å²) in [5, 5.41) is 3.09. The second kappa shape index (κ2) is 8.62. The zero-order valence-electron chi connectivity index (χ0n) is 14.6. The molecule has 134 valence electrons. The Bertz CT molecular complexity index is 747. The molecule has 0 atom stereocenters. The third-order valence-electron chi connectivity index (χ3n) is 3.64. The van der Waals surface area contributed by atoms with Gasteiger partial charge in [-0.3, -0.25) is 4.79 Å². The highest BCUT2D eigenvalue weighted by molar-refractivity contribution is 6.32. The Morgan fingerprint density at radius 2 is 2.00 bits per heavy atom. The number of carbonyl (C=O) groups excluding carboxylic acids is 1. The summed E-state index contributed by atoms with van der Waals surface area (Å²) in [7, 11) is 1.51. The van der Waals surface area contributed by atoms with Gasteiger partial charge >= 0.3 is 0 Å². The minimum absolute atomic E-state index is 0.327. The summed E-state index contributed by atoms with van der Waals surface area (Å²) in [5.41, 5.74) is 7.24. The zero-order valence-corrected chi connectivity index (χ0v) is 15.4. The molecule has 5 nitrogen and oxygen atoms in total.